The van der Waals surface area contributed by atoms with Crippen molar-refractivity contribution in [1.82, 2.24) is 14.8 Å². The molecule has 0 aliphatic carbocycles. The fourth-order valence-electron chi connectivity index (χ4n) is 2.67. The molecule has 2 heterocycles. The number of aromatic nitrogens is 3. The monoisotopic (exact) mass is 434 g/mol. The van der Waals surface area contributed by atoms with Crippen LogP contribution in [0.3, 0.4) is 0 Å². The molecule has 8 heteroatoms. The van der Waals surface area contributed by atoms with Crippen LogP contribution in [0.4, 0.5) is 5.69 Å². The molecule has 0 radical (unpaired) electrons. The summed E-state index contributed by atoms with van der Waals surface area (Å²) in [7, 11) is 0. The number of rotatable bonds is 7. The van der Waals surface area contributed by atoms with Gasteiger partial charge in [-0.25, -0.2) is 0 Å². The van der Waals surface area contributed by atoms with Gasteiger partial charge in [0.15, 0.2) is 11.0 Å². The maximum absolute atomic E-state index is 12.3. The van der Waals surface area contributed by atoms with Crippen LogP contribution >= 0.6 is 34.7 Å². The normalized spacial score (nSPS) is 11.4. The lowest BCUT2D eigenvalue weighted by molar-refractivity contribution is -0.113. The van der Waals surface area contributed by atoms with E-state index in [0.717, 1.165) is 22.2 Å². The van der Waals surface area contributed by atoms with Gasteiger partial charge in [-0.05, 0) is 50.1 Å². The lowest BCUT2D eigenvalue weighted by Gasteiger charge is -2.13. The predicted octanol–water partition coefficient (Wildman–Crippen LogP) is 6.10. The van der Waals surface area contributed by atoms with Crippen molar-refractivity contribution >= 4 is 46.3 Å². The van der Waals surface area contributed by atoms with E-state index in [1.165, 1.54) is 16.6 Å². The summed E-state index contributed by atoms with van der Waals surface area (Å²) >= 11 is 9.00. The minimum Gasteiger partial charge on any atom is -0.325 e. The summed E-state index contributed by atoms with van der Waals surface area (Å²) in [6.07, 6.45) is 0. The second kappa shape index (κ2) is 9.11. The highest BCUT2D eigenvalue weighted by Gasteiger charge is 2.19. The van der Waals surface area contributed by atoms with Crippen LogP contribution in [0, 0.1) is 0 Å². The van der Waals surface area contributed by atoms with Gasteiger partial charge < -0.3 is 5.32 Å². The third kappa shape index (κ3) is 4.96. The molecule has 1 N–H and O–H groups in total. The van der Waals surface area contributed by atoms with Crippen LogP contribution < -0.4 is 5.32 Å². The summed E-state index contributed by atoms with van der Waals surface area (Å²) in [5, 5.41) is 15.1. The smallest absolute Gasteiger partial charge is 0.234 e. The SMILES string of the molecule is CC(C)c1cc(-c2nnc(SCC(=O)Nc3ccc(Cl)cc3)n2C(C)C)cs1. The average Bonchev–Trinajstić information content (AvgIpc) is 3.28. The van der Waals surface area contributed by atoms with E-state index in [-0.39, 0.29) is 17.7 Å². The fraction of sp³-hybridized carbons (Fsp3) is 0.350. The minimum atomic E-state index is -0.0928. The highest BCUT2D eigenvalue weighted by Crippen LogP contribution is 2.32. The van der Waals surface area contributed by atoms with Crippen molar-refractivity contribution in [2.75, 3.05) is 11.1 Å². The number of nitrogens with one attached hydrogen (secondary N) is 1. The van der Waals surface area contributed by atoms with Crippen molar-refractivity contribution in [1.29, 1.82) is 0 Å². The van der Waals surface area contributed by atoms with Crippen molar-refractivity contribution in [3.63, 3.8) is 0 Å². The van der Waals surface area contributed by atoms with E-state index in [4.69, 9.17) is 11.6 Å². The van der Waals surface area contributed by atoms with Crippen LogP contribution in [0.5, 0.6) is 0 Å². The third-order valence-electron chi connectivity index (χ3n) is 4.09. The number of anilines is 1. The van der Waals surface area contributed by atoms with Gasteiger partial charge in [0.2, 0.25) is 5.91 Å². The summed E-state index contributed by atoms with van der Waals surface area (Å²) in [5.74, 6) is 1.50. The molecule has 0 bridgehead atoms. The molecule has 1 aromatic carbocycles. The number of thioether (sulfide) groups is 1. The number of hydrogen-bond donors (Lipinski definition) is 1. The van der Waals surface area contributed by atoms with E-state index >= 15 is 0 Å². The first-order valence-corrected chi connectivity index (χ1v) is 11.3. The summed E-state index contributed by atoms with van der Waals surface area (Å²) in [5.41, 5.74) is 1.80. The lowest BCUT2D eigenvalue weighted by atomic mass is 10.1. The van der Waals surface area contributed by atoms with Gasteiger partial charge in [0.1, 0.15) is 0 Å². The fourth-order valence-corrected chi connectivity index (χ4v) is 4.57. The van der Waals surface area contributed by atoms with E-state index in [1.54, 1.807) is 35.6 Å². The molecule has 28 heavy (non-hydrogen) atoms. The van der Waals surface area contributed by atoms with E-state index in [1.807, 2.05) is 0 Å². The topological polar surface area (TPSA) is 59.8 Å². The maximum Gasteiger partial charge on any atom is 0.234 e. The van der Waals surface area contributed by atoms with E-state index in [2.05, 4.69) is 59.2 Å². The standard InChI is InChI=1S/C20H23ClN4OS2/c1-12(2)17-9-14(10-27-17)19-23-24-20(25(19)13(3)4)28-11-18(26)22-16-7-5-15(21)6-8-16/h5-10,12-13H,11H2,1-4H3,(H,22,26). The number of thiophene rings is 1. The first kappa shape index (κ1) is 20.9. The zero-order valence-corrected chi connectivity index (χ0v) is 18.7. The summed E-state index contributed by atoms with van der Waals surface area (Å²) in [6.45, 7) is 8.56. The van der Waals surface area contributed by atoms with Crippen LogP contribution in [0.1, 0.15) is 44.5 Å². The minimum absolute atomic E-state index is 0.0928. The Labute approximate surface area is 178 Å². The number of carbonyl (C=O) groups excluding carboxylic acids is 1. The largest absolute Gasteiger partial charge is 0.325 e. The van der Waals surface area contributed by atoms with Crippen molar-refractivity contribution in [3.8, 4) is 11.4 Å². The number of benzene rings is 1. The Balaban J connectivity index is 1.72. The van der Waals surface area contributed by atoms with Gasteiger partial charge in [-0.2, -0.15) is 0 Å². The second-order valence-corrected chi connectivity index (χ2v) is 9.33. The van der Waals surface area contributed by atoms with Gasteiger partial charge in [-0.1, -0.05) is 37.2 Å². The van der Waals surface area contributed by atoms with Crippen LogP contribution in [-0.4, -0.2) is 26.4 Å². The zero-order valence-electron chi connectivity index (χ0n) is 16.3. The first-order chi connectivity index (χ1) is 13.3. The molecule has 0 spiro atoms. The Morgan fingerprint density at radius 2 is 1.93 bits per heavy atom. The summed E-state index contributed by atoms with van der Waals surface area (Å²) in [4.78, 5) is 13.6. The van der Waals surface area contributed by atoms with Crippen molar-refractivity contribution in [2.24, 2.45) is 0 Å². The predicted molar refractivity (Wildman–Crippen MR) is 119 cm³/mol. The molecule has 0 saturated heterocycles. The highest BCUT2D eigenvalue weighted by atomic mass is 35.5. The number of halogens is 1. The molecule has 3 rings (SSSR count). The third-order valence-corrected chi connectivity index (χ3v) is 6.52. The maximum atomic E-state index is 12.3. The van der Waals surface area contributed by atoms with Crippen molar-refractivity contribution in [2.45, 2.75) is 44.8 Å². The van der Waals surface area contributed by atoms with Gasteiger partial charge in [0, 0.05) is 32.6 Å². The molecule has 3 aromatic rings. The van der Waals surface area contributed by atoms with Gasteiger partial charge in [0.05, 0.1) is 5.75 Å². The molecule has 1 amide bonds. The summed E-state index contributed by atoms with van der Waals surface area (Å²) in [6, 6.07) is 9.43. The van der Waals surface area contributed by atoms with Crippen LogP contribution in [0.25, 0.3) is 11.4 Å². The van der Waals surface area contributed by atoms with E-state index in [9.17, 15) is 4.79 Å². The van der Waals surface area contributed by atoms with Crippen LogP contribution in [0.15, 0.2) is 40.9 Å². The van der Waals surface area contributed by atoms with Crippen LogP contribution in [0.2, 0.25) is 5.02 Å². The molecular formula is C20H23ClN4OS2. The van der Waals surface area contributed by atoms with Crippen molar-refractivity contribution in [3.05, 3.63) is 45.6 Å². The van der Waals surface area contributed by atoms with Gasteiger partial charge in [-0.15, -0.1) is 21.5 Å². The Morgan fingerprint density at radius 1 is 1.21 bits per heavy atom. The Kier molecular flexibility index (Phi) is 6.80. The van der Waals surface area contributed by atoms with Crippen LogP contribution in [-0.2, 0) is 4.79 Å². The molecular weight excluding hydrogens is 412 g/mol. The zero-order chi connectivity index (χ0) is 20.3. The van der Waals surface area contributed by atoms with Gasteiger partial charge >= 0.3 is 0 Å². The molecule has 0 aliphatic heterocycles. The Bertz CT molecular complexity index is 948. The Morgan fingerprint density at radius 3 is 2.54 bits per heavy atom. The highest BCUT2D eigenvalue weighted by molar-refractivity contribution is 7.99. The quantitative estimate of drug-likeness (QED) is 0.456. The molecule has 0 aliphatic rings. The van der Waals surface area contributed by atoms with Gasteiger partial charge in [0.25, 0.3) is 0 Å². The Hall–Kier alpha value is -1.83. The molecule has 0 unspecified atom stereocenters. The van der Waals surface area contributed by atoms with E-state index in [0.29, 0.717) is 10.9 Å². The summed E-state index contributed by atoms with van der Waals surface area (Å²) < 4.78 is 2.09. The number of amides is 1. The first-order valence-electron chi connectivity index (χ1n) is 9.07. The molecule has 5 nitrogen and oxygen atoms in total. The molecule has 0 saturated carbocycles. The van der Waals surface area contributed by atoms with Gasteiger partial charge in [-0.3, -0.25) is 9.36 Å². The number of carbonyl (C=O) groups is 1. The lowest BCUT2D eigenvalue weighted by Crippen LogP contribution is -2.15. The molecule has 0 fully saturated rings. The second-order valence-electron chi connectivity index (χ2n) is 7.01. The van der Waals surface area contributed by atoms with Crippen molar-refractivity contribution < 1.29 is 4.79 Å². The molecule has 2 aromatic heterocycles. The van der Waals surface area contributed by atoms with E-state index < -0.39 is 0 Å². The number of hydrogen-bond acceptors (Lipinski definition) is 5. The number of nitrogens with zero attached hydrogens (tertiary/aromatic N) is 3. The molecule has 148 valence electrons. The average molecular weight is 435 g/mol. The molecule has 0 atom stereocenters.